The fourth-order valence-corrected chi connectivity index (χ4v) is 4.37. The van der Waals surface area contributed by atoms with E-state index >= 15 is 0 Å². The number of hydrogen-bond acceptors (Lipinski definition) is 9. The molecular weight excluding hydrogens is 496 g/mol. The summed E-state index contributed by atoms with van der Waals surface area (Å²) in [5.41, 5.74) is -1.58. The number of nitrogens with zero attached hydrogens (tertiary/aromatic N) is 1. The first-order valence-corrected chi connectivity index (χ1v) is 12.0. The van der Waals surface area contributed by atoms with Crippen LogP contribution >= 0.6 is 0 Å². The number of rotatable bonds is 9. The molecule has 2 aliphatic heterocycles. The van der Waals surface area contributed by atoms with Gasteiger partial charge in [0.15, 0.2) is 0 Å². The highest BCUT2D eigenvalue weighted by Gasteiger charge is 2.63. The Morgan fingerprint density at radius 3 is 2.37 bits per heavy atom. The van der Waals surface area contributed by atoms with Crippen molar-refractivity contribution in [2.45, 2.75) is 63.3 Å². The molecular formula is C27H32N2O9. The number of terminal acetylenes is 1. The lowest BCUT2D eigenvalue weighted by Gasteiger charge is -2.34. The van der Waals surface area contributed by atoms with Crippen LogP contribution in [0, 0.1) is 26.2 Å². The molecule has 3 rings (SSSR count). The summed E-state index contributed by atoms with van der Waals surface area (Å²) in [6.45, 7) is 12.5. The molecule has 0 spiro atoms. The fourth-order valence-electron chi connectivity index (χ4n) is 4.37. The summed E-state index contributed by atoms with van der Waals surface area (Å²) in [4.78, 5) is 49.1. The summed E-state index contributed by atoms with van der Waals surface area (Å²) < 4.78 is 27.6. The summed E-state index contributed by atoms with van der Waals surface area (Å²) in [6.07, 6.45) is 2.82. The standard InChI is InChI=1S/C27H32N2O9/c1-7-27(38-19(4)32)22(37-24(36-18(3)31)23(27)35-17(2)30)16-34-26(5,6)15-20-9-11-21(12-10-20)29-14-8-13-28-25(29)33/h1,9-12,22-24H,5-6,8,13-16H2,2-4H3,(H,28,33)/t22-,23+,24?,27-/m1/s1. The number of carbonyl (C=O) groups is 4. The first-order chi connectivity index (χ1) is 17.9. The van der Waals surface area contributed by atoms with Gasteiger partial charge in [-0.2, -0.15) is 0 Å². The zero-order valence-corrected chi connectivity index (χ0v) is 21.7. The van der Waals surface area contributed by atoms with Crippen molar-refractivity contribution in [2.24, 2.45) is 0 Å². The quantitative estimate of drug-likeness (QED) is 0.289. The van der Waals surface area contributed by atoms with E-state index in [1.54, 1.807) is 4.90 Å². The predicted octanol–water partition coefficient (Wildman–Crippen LogP) is 1.73. The molecule has 11 nitrogen and oxygen atoms in total. The number of carbonyl (C=O) groups excluding carboxylic acids is 4. The maximum Gasteiger partial charge on any atom is 0.321 e. The van der Waals surface area contributed by atoms with Crippen molar-refractivity contribution in [2.75, 3.05) is 24.6 Å². The normalized spacial score (nSPS) is 25.2. The number of urea groups is 1. The molecule has 4 atom stereocenters. The van der Waals surface area contributed by atoms with Crippen LogP contribution in [0.15, 0.2) is 24.3 Å². The predicted molar refractivity (Wildman–Crippen MR) is 134 cm³/mol. The molecule has 0 aliphatic carbocycles. The third kappa shape index (κ3) is 6.82. The number of nitrogens with one attached hydrogen (secondary N) is 1. The average Bonchev–Trinajstić information content (AvgIpc) is 3.09. The first kappa shape index (κ1) is 28.9. The Balaban J connectivity index is 1.75. The van der Waals surface area contributed by atoms with Crippen LogP contribution in [-0.2, 0) is 44.5 Å². The van der Waals surface area contributed by atoms with Gasteiger partial charge in [-0.3, -0.25) is 19.3 Å². The molecule has 0 aromatic heterocycles. The Hall–Kier alpha value is -3.62. The Morgan fingerprint density at radius 2 is 1.82 bits per heavy atom. The third-order valence-electron chi connectivity index (χ3n) is 5.95. The topological polar surface area (TPSA) is 130 Å². The third-order valence-corrected chi connectivity index (χ3v) is 5.95. The first-order valence-electron chi connectivity index (χ1n) is 12.0. The van der Waals surface area contributed by atoms with E-state index in [-0.39, 0.29) is 19.1 Å². The van der Waals surface area contributed by atoms with Gasteiger partial charge < -0.3 is 29.0 Å². The summed E-state index contributed by atoms with van der Waals surface area (Å²) >= 11 is 0. The van der Waals surface area contributed by atoms with Gasteiger partial charge in [0.25, 0.3) is 0 Å². The lowest BCUT2D eigenvalue weighted by atomic mass is 9.92. The highest BCUT2D eigenvalue weighted by atomic mass is 16.8. The summed E-state index contributed by atoms with van der Waals surface area (Å²) in [5.74, 6) is 0.104. The zero-order chi connectivity index (χ0) is 28.1. The number of amides is 2. The van der Waals surface area contributed by atoms with Crippen LogP contribution in [0.25, 0.3) is 0 Å². The Labute approximate surface area is 222 Å². The van der Waals surface area contributed by atoms with Crippen molar-refractivity contribution >= 4 is 29.6 Å². The lowest BCUT2D eigenvalue weighted by Crippen LogP contribution is -2.54. The number of esters is 3. The van der Waals surface area contributed by atoms with E-state index < -0.39 is 47.6 Å². The van der Waals surface area contributed by atoms with E-state index in [9.17, 15) is 19.2 Å². The lowest BCUT2D eigenvalue weighted by molar-refractivity contribution is -0.198. The van der Waals surface area contributed by atoms with Gasteiger partial charge in [0, 0.05) is 46.0 Å². The van der Waals surface area contributed by atoms with Gasteiger partial charge >= 0.3 is 23.9 Å². The van der Waals surface area contributed by atoms with Crippen molar-refractivity contribution in [3.8, 4) is 12.3 Å². The number of anilines is 1. The van der Waals surface area contributed by atoms with Gasteiger partial charge in [0.1, 0.15) is 6.10 Å². The largest absolute Gasteiger partial charge is 0.450 e. The number of benzene rings is 1. The number of ether oxygens (including phenoxy) is 5. The zero-order valence-electron chi connectivity index (χ0n) is 21.7. The van der Waals surface area contributed by atoms with E-state index in [4.69, 9.17) is 30.1 Å². The van der Waals surface area contributed by atoms with Gasteiger partial charge in [-0.1, -0.05) is 18.1 Å². The molecule has 2 amide bonds. The number of hydrogen-bond donors (Lipinski definition) is 1. The molecule has 0 saturated carbocycles. The van der Waals surface area contributed by atoms with Gasteiger partial charge in [-0.05, 0) is 38.0 Å². The molecule has 2 aliphatic rings. The molecule has 2 heterocycles. The van der Waals surface area contributed by atoms with Crippen LogP contribution in [0.2, 0.25) is 0 Å². The van der Waals surface area contributed by atoms with Crippen molar-refractivity contribution in [1.82, 2.24) is 5.32 Å². The average molecular weight is 529 g/mol. The molecule has 204 valence electrons. The fraction of sp³-hybridized carbons (Fsp3) is 0.481. The second-order valence-corrected chi connectivity index (χ2v) is 9.24. The van der Waals surface area contributed by atoms with E-state index in [0.717, 1.165) is 38.4 Å². The minimum Gasteiger partial charge on any atom is -0.450 e. The highest BCUT2D eigenvalue weighted by Crippen LogP contribution is 2.38. The van der Waals surface area contributed by atoms with Crippen molar-refractivity contribution in [3.63, 3.8) is 0 Å². The van der Waals surface area contributed by atoms with E-state index in [1.807, 2.05) is 24.3 Å². The van der Waals surface area contributed by atoms with E-state index in [0.29, 0.717) is 13.1 Å². The van der Waals surface area contributed by atoms with Crippen LogP contribution < -0.4 is 10.2 Å². The van der Waals surface area contributed by atoms with Crippen LogP contribution in [-0.4, -0.2) is 73.3 Å². The smallest absolute Gasteiger partial charge is 0.321 e. The molecule has 38 heavy (non-hydrogen) atoms. The summed E-state index contributed by atoms with van der Waals surface area (Å²) in [7, 11) is 0. The van der Waals surface area contributed by atoms with Crippen molar-refractivity contribution in [3.05, 3.63) is 43.7 Å². The van der Waals surface area contributed by atoms with E-state index in [2.05, 4.69) is 25.1 Å². The van der Waals surface area contributed by atoms with Crippen molar-refractivity contribution in [1.29, 1.82) is 0 Å². The molecule has 1 unspecified atom stereocenters. The van der Waals surface area contributed by atoms with Crippen molar-refractivity contribution < 1.29 is 42.9 Å². The Bertz CT molecular complexity index is 1090. The molecule has 0 bridgehead atoms. The van der Waals surface area contributed by atoms with Crippen LogP contribution in [0.1, 0.15) is 32.8 Å². The van der Waals surface area contributed by atoms with Gasteiger partial charge in [-0.15, -0.1) is 6.42 Å². The molecule has 1 aromatic carbocycles. The van der Waals surface area contributed by atoms with Gasteiger partial charge in [0.2, 0.25) is 18.0 Å². The molecule has 2 radical (unpaired) electrons. The highest BCUT2D eigenvalue weighted by molar-refractivity contribution is 5.92. The maximum absolute atomic E-state index is 12.1. The minimum atomic E-state index is -1.94. The van der Waals surface area contributed by atoms with E-state index in [1.165, 1.54) is 0 Å². The van der Waals surface area contributed by atoms with Crippen LogP contribution in [0.4, 0.5) is 10.5 Å². The van der Waals surface area contributed by atoms with Crippen LogP contribution in [0.5, 0.6) is 0 Å². The maximum atomic E-state index is 12.1. The molecule has 2 fully saturated rings. The van der Waals surface area contributed by atoms with Gasteiger partial charge in [0.05, 0.1) is 12.2 Å². The molecule has 2 saturated heterocycles. The molecule has 11 heteroatoms. The second kappa shape index (κ2) is 11.8. The SMILES string of the molecule is C#C[C@@]1(OC(C)=O)[C@@H](COC([CH2])([CH2])Cc2ccc(N3CCCNC3=O)cc2)OC(OC(C)=O)[C@@H]1OC(C)=O. The monoisotopic (exact) mass is 528 g/mol. The second-order valence-electron chi connectivity index (χ2n) is 9.24. The van der Waals surface area contributed by atoms with Crippen LogP contribution in [0.3, 0.4) is 0 Å². The summed E-state index contributed by atoms with van der Waals surface area (Å²) in [5, 5.41) is 2.81. The molecule has 1 N–H and O–H groups in total. The van der Waals surface area contributed by atoms with Gasteiger partial charge in [-0.25, -0.2) is 4.79 Å². The summed E-state index contributed by atoms with van der Waals surface area (Å²) in [6, 6.07) is 7.20. The minimum absolute atomic E-state index is 0.142. The molecule has 1 aromatic rings. The Morgan fingerprint density at radius 1 is 1.16 bits per heavy atom. The Kier molecular flexibility index (Phi) is 9.01.